The van der Waals surface area contributed by atoms with Crippen LogP contribution in [0.2, 0.25) is 0 Å². The minimum absolute atomic E-state index is 0.0975. The summed E-state index contributed by atoms with van der Waals surface area (Å²) in [5.41, 5.74) is 0.562. The topological polar surface area (TPSA) is 69.4 Å². The minimum Gasteiger partial charge on any atom is -0.490 e. The van der Waals surface area contributed by atoms with Crippen LogP contribution >= 0.6 is 0 Å². The molecule has 0 bridgehead atoms. The van der Waals surface area contributed by atoms with Crippen LogP contribution in [0.1, 0.15) is 26.3 Å². The SMILES string of the molecule is Cc1ccc(F)c(OCC(CS(N)(=O)=O)C(C)(C)C)c1. The molecule has 0 saturated carbocycles. The van der Waals surface area contributed by atoms with E-state index in [2.05, 4.69) is 0 Å². The van der Waals surface area contributed by atoms with Gasteiger partial charge in [0.05, 0.1) is 12.4 Å². The third kappa shape index (κ3) is 5.46. The van der Waals surface area contributed by atoms with Crippen molar-refractivity contribution in [2.24, 2.45) is 16.5 Å². The molecule has 0 spiro atoms. The van der Waals surface area contributed by atoms with E-state index in [9.17, 15) is 12.8 Å². The first-order valence-corrected chi connectivity index (χ1v) is 8.10. The molecule has 4 nitrogen and oxygen atoms in total. The number of sulfonamides is 1. The van der Waals surface area contributed by atoms with Gasteiger partial charge in [0, 0.05) is 5.92 Å². The Kier molecular flexibility index (Phi) is 5.15. The van der Waals surface area contributed by atoms with Crippen LogP contribution in [0.15, 0.2) is 18.2 Å². The maximum atomic E-state index is 13.6. The van der Waals surface area contributed by atoms with Crippen LogP contribution in [-0.4, -0.2) is 20.8 Å². The third-order valence-corrected chi connectivity index (χ3v) is 4.05. The van der Waals surface area contributed by atoms with E-state index in [0.717, 1.165) is 5.56 Å². The van der Waals surface area contributed by atoms with Gasteiger partial charge in [0.25, 0.3) is 0 Å². The third-order valence-electron chi connectivity index (χ3n) is 3.18. The van der Waals surface area contributed by atoms with Crippen molar-refractivity contribution in [1.29, 1.82) is 0 Å². The minimum atomic E-state index is -3.60. The van der Waals surface area contributed by atoms with Crippen molar-refractivity contribution in [3.05, 3.63) is 29.6 Å². The molecule has 1 aromatic carbocycles. The number of hydrogen-bond acceptors (Lipinski definition) is 3. The summed E-state index contributed by atoms with van der Waals surface area (Å²) in [4.78, 5) is 0. The predicted octanol–water partition coefficient (Wildman–Crippen LogP) is 2.46. The normalized spacial score (nSPS) is 14.1. The largest absolute Gasteiger partial charge is 0.490 e. The lowest BCUT2D eigenvalue weighted by Gasteiger charge is -2.29. The first kappa shape index (κ1) is 16.9. The summed E-state index contributed by atoms with van der Waals surface area (Å²) < 4.78 is 41.6. The van der Waals surface area contributed by atoms with E-state index in [1.165, 1.54) is 6.07 Å². The second-order valence-corrected chi connectivity index (χ2v) is 7.80. The van der Waals surface area contributed by atoms with Gasteiger partial charge in [-0.2, -0.15) is 0 Å². The molecule has 20 heavy (non-hydrogen) atoms. The van der Waals surface area contributed by atoms with Crippen LogP contribution in [0.25, 0.3) is 0 Å². The molecule has 0 saturated heterocycles. The molecule has 1 rings (SSSR count). The Morgan fingerprint density at radius 3 is 2.45 bits per heavy atom. The van der Waals surface area contributed by atoms with Gasteiger partial charge < -0.3 is 4.74 Å². The van der Waals surface area contributed by atoms with E-state index in [4.69, 9.17) is 9.88 Å². The molecule has 0 aromatic heterocycles. The Labute approximate surface area is 120 Å². The van der Waals surface area contributed by atoms with Gasteiger partial charge in [-0.15, -0.1) is 0 Å². The monoisotopic (exact) mass is 303 g/mol. The van der Waals surface area contributed by atoms with Gasteiger partial charge in [-0.05, 0) is 30.0 Å². The van der Waals surface area contributed by atoms with E-state index >= 15 is 0 Å². The van der Waals surface area contributed by atoms with Crippen molar-refractivity contribution >= 4 is 10.0 Å². The fourth-order valence-electron chi connectivity index (χ4n) is 1.74. The van der Waals surface area contributed by atoms with Crippen molar-refractivity contribution in [1.82, 2.24) is 0 Å². The number of ether oxygens (including phenoxy) is 1. The second-order valence-electron chi connectivity index (χ2n) is 6.14. The van der Waals surface area contributed by atoms with E-state index < -0.39 is 15.8 Å². The zero-order valence-electron chi connectivity index (χ0n) is 12.3. The van der Waals surface area contributed by atoms with E-state index in [1.54, 1.807) is 12.1 Å². The molecule has 0 heterocycles. The molecule has 1 aromatic rings. The molecule has 1 atom stereocenters. The molecule has 0 radical (unpaired) electrons. The molecule has 6 heteroatoms. The first-order valence-electron chi connectivity index (χ1n) is 6.38. The van der Waals surface area contributed by atoms with Gasteiger partial charge in [0.2, 0.25) is 10.0 Å². The Balaban J connectivity index is 2.84. The molecule has 0 aliphatic rings. The quantitative estimate of drug-likeness (QED) is 0.908. The van der Waals surface area contributed by atoms with Crippen molar-refractivity contribution in [2.45, 2.75) is 27.7 Å². The van der Waals surface area contributed by atoms with E-state index in [1.807, 2.05) is 27.7 Å². The average molecular weight is 303 g/mol. The van der Waals surface area contributed by atoms with E-state index in [0.29, 0.717) is 0 Å². The molecule has 114 valence electrons. The van der Waals surface area contributed by atoms with Crippen molar-refractivity contribution in [2.75, 3.05) is 12.4 Å². The number of nitrogens with two attached hydrogens (primary N) is 1. The van der Waals surface area contributed by atoms with Crippen LogP contribution in [0.4, 0.5) is 4.39 Å². The molecule has 0 fully saturated rings. The lowest BCUT2D eigenvalue weighted by Crippen LogP contribution is -2.35. The van der Waals surface area contributed by atoms with Crippen LogP contribution in [0, 0.1) is 24.1 Å². The summed E-state index contributed by atoms with van der Waals surface area (Å²) >= 11 is 0. The van der Waals surface area contributed by atoms with Crippen LogP contribution in [0.3, 0.4) is 0 Å². The molecule has 0 aliphatic heterocycles. The fourth-order valence-corrected chi connectivity index (χ4v) is 2.90. The van der Waals surface area contributed by atoms with Crippen molar-refractivity contribution in [3.8, 4) is 5.75 Å². The van der Waals surface area contributed by atoms with Crippen LogP contribution in [-0.2, 0) is 10.0 Å². The molecule has 1 unspecified atom stereocenters. The van der Waals surface area contributed by atoms with E-state index in [-0.39, 0.29) is 29.4 Å². The second kappa shape index (κ2) is 6.10. The fraction of sp³-hybridized carbons (Fsp3) is 0.571. The van der Waals surface area contributed by atoms with Crippen LogP contribution < -0.4 is 9.88 Å². The molecule has 0 aliphatic carbocycles. The first-order chi connectivity index (χ1) is 8.99. The van der Waals surface area contributed by atoms with Crippen LogP contribution in [0.5, 0.6) is 5.75 Å². The van der Waals surface area contributed by atoms with Crippen molar-refractivity contribution in [3.63, 3.8) is 0 Å². The smallest absolute Gasteiger partial charge is 0.209 e. The van der Waals surface area contributed by atoms with Gasteiger partial charge in [0.15, 0.2) is 11.6 Å². The number of rotatable bonds is 5. The maximum Gasteiger partial charge on any atom is 0.209 e. The van der Waals surface area contributed by atoms with Gasteiger partial charge >= 0.3 is 0 Å². The summed E-state index contributed by atoms with van der Waals surface area (Å²) in [6.07, 6.45) is 0. The Hall–Kier alpha value is -1.14. The summed E-state index contributed by atoms with van der Waals surface area (Å²) in [7, 11) is -3.60. The standard InChI is InChI=1S/C14H22FNO3S/c1-10-5-6-12(15)13(7-10)19-8-11(14(2,3)4)9-20(16,17)18/h5-7,11H,8-9H2,1-4H3,(H2,16,17,18). The van der Waals surface area contributed by atoms with Gasteiger partial charge in [-0.25, -0.2) is 17.9 Å². The summed E-state index contributed by atoms with van der Waals surface area (Å²) in [5, 5.41) is 5.10. The summed E-state index contributed by atoms with van der Waals surface area (Å²) in [5.74, 6) is -0.839. The van der Waals surface area contributed by atoms with Gasteiger partial charge in [-0.1, -0.05) is 26.8 Å². The predicted molar refractivity (Wildman–Crippen MR) is 77.6 cm³/mol. The molecular weight excluding hydrogens is 281 g/mol. The highest BCUT2D eigenvalue weighted by Crippen LogP contribution is 2.28. The average Bonchev–Trinajstić information content (AvgIpc) is 2.25. The highest BCUT2D eigenvalue weighted by Gasteiger charge is 2.29. The lowest BCUT2D eigenvalue weighted by atomic mass is 9.82. The molecule has 2 N–H and O–H groups in total. The highest BCUT2D eigenvalue weighted by molar-refractivity contribution is 7.89. The summed E-state index contributed by atoms with van der Waals surface area (Å²) in [6, 6.07) is 4.57. The molecule has 0 amide bonds. The number of benzene rings is 1. The number of aryl methyl sites for hydroxylation is 1. The lowest BCUT2D eigenvalue weighted by molar-refractivity contribution is 0.159. The number of primary sulfonamides is 1. The highest BCUT2D eigenvalue weighted by atomic mass is 32.2. The Morgan fingerprint density at radius 2 is 1.95 bits per heavy atom. The number of hydrogen-bond donors (Lipinski definition) is 1. The summed E-state index contributed by atoms with van der Waals surface area (Å²) in [6.45, 7) is 7.63. The Morgan fingerprint density at radius 1 is 1.35 bits per heavy atom. The van der Waals surface area contributed by atoms with Gasteiger partial charge in [0.1, 0.15) is 0 Å². The van der Waals surface area contributed by atoms with Crippen molar-refractivity contribution < 1.29 is 17.5 Å². The Bertz CT molecular complexity index is 564. The van der Waals surface area contributed by atoms with Gasteiger partial charge in [-0.3, -0.25) is 0 Å². The zero-order valence-corrected chi connectivity index (χ0v) is 13.1. The maximum absolute atomic E-state index is 13.6. The zero-order chi connectivity index (χ0) is 15.6. The molecular formula is C14H22FNO3S. The number of halogens is 1.